The number of methoxy groups -OCH3 is 1. The zero-order valence-corrected chi connectivity index (χ0v) is 24.4. The van der Waals surface area contributed by atoms with E-state index in [1.165, 1.54) is 15.9 Å². The Morgan fingerprint density at radius 1 is 0.975 bits per heavy atom. The molecule has 1 aliphatic rings. The van der Waals surface area contributed by atoms with E-state index in [0.29, 0.717) is 63.4 Å². The number of hydrogen-bond donors (Lipinski definition) is 0. The maximum absolute atomic E-state index is 14.0. The molecule has 212 valence electrons. The Labute approximate surface area is 236 Å². The smallest absolute Gasteiger partial charge is 0.338 e. The fraction of sp³-hybridized carbons (Fsp3) is 0.367. The zero-order chi connectivity index (χ0) is 28.8. The van der Waals surface area contributed by atoms with Crippen LogP contribution in [0.3, 0.4) is 0 Å². The molecule has 0 unspecified atom stereocenters. The normalized spacial score (nSPS) is 14.8. The van der Waals surface area contributed by atoms with E-state index < -0.39 is 12.0 Å². The Balaban J connectivity index is 1.96. The topological polar surface area (TPSA) is 97.6 Å². The average Bonchev–Trinajstić information content (AvgIpc) is 3.24. The molecule has 2 heterocycles. The molecule has 2 aromatic carbocycles. The van der Waals surface area contributed by atoms with Crippen LogP contribution in [0.2, 0.25) is 0 Å². The summed E-state index contributed by atoms with van der Waals surface area (Å²) in [6.07, 6.45) is 1.79. The summed E-state index contributed by atoms with van der Waals surface area (Å²) >= 11 is 1.25. The second kappa shape index (κ2) is 12.9. The number of fused-ring (bicyclic) bond motifs is 1. The summed E-state index contributed by atoms with van der Waals surface area (Å²) in [5.41, 5.74) is 1.83. The summed E-state index contributed by atoms with van der Waals surface area (Å²) < 4.78 is 30.4. The molecule has 0 radical (unpaired) electrons. The van der Waals surface area contributed by atoms with Gasteiger partial charge in [-0.1, -0.05) is 29.5 Å². The van der Waals surface area contributed by atoms with Crippen molar-refractivity contribution >= 4 is 23.4 Å². The summed E-state index contributed by atoms with van der Waals surface area (Å²) in [4.78, 5) is 32.4. The van der Waals surface area contributed by atoms with Gasteiger partial charge in [0.25, 0.3) is 5.56 Å². The molecule has 0 saturated carbocycles. The van der Waals surface area contributed by atoms with Crippen LogP contribution < -0.4 is 33.8 Å². The lowest BCUT2D eigenvalue weighted by Crippen LogP contribution is -2.40. The van der Waals surface area contributed by atoms with Crippen molar-refractivity contribution in [1.82, 2.24) is 4.57 Å². The molecule has 0 spiro atoms. The number of hydrogen-bond acceptors (Lipinski definition) is 9. The Hall–Kier alpha value is -4.05. The van der Waals surface area contributed by atoms with Crippen molar-refractivity contribution in [2.75, 3.05) is 33.5 Å². The number of thiazole rings is 1. The molecule has 4 rings (SSSR count). The van der Waals surface area contributed by atoms with Gasteiger partial charge in [-0.05, 0) is 64.5 Å². The van der Waals surface area contributed by atoms with Gasteiger partial charge in [0.1, 0.15) is 6.04 Å². The van der Waals surface area contributed by atoms with E-state index in [4.69, 9.17) is 23.7 Å². The van der Waals surface area contributed by atoms with Crippen LogP contribution in [0.15, 0.2) is 57.5 Å². The first-order valence-corrected chi connectivity index (χ1v) is 14.1. The molecule has 10 heteroatoms. The van der Waals surface area contributed by atoms with Crippen molar-refractivity contribution in [3.8, 4) is 23.0 Å². The number of ether oxygens (including phenoxy) is 5. The highest BCUT2D eigenvalue weighted by Crippen LogP contribution is 2.40. The minimum Gasteiger partial charge on any atom is -0.493 e. The summed E-state index contributed by atoms with van der Waals surface area (Å²) in [6.45, 7) is 10.7. The third kappa shape index (κ3) is 5.62. The zero-order valence-electron chi connectivity index (χ0n) is 23.6. The van der Waals surface area contributed by atoms with E-state index in [-0.39, 0.29) is 17.7 Å². The Bertz CT molecular complexity index is 1600. The van der Waals surface area contributed by atoms with Gasteiger partial charge in [-0.2, -0.15) is 0 Å². The fourth-order valence-corrected chi connectivity index (χ4v) is 5.65. The lowest BCUT2D eigenvalue weighted by molar-refractivity contribution is -0.139. The van der Waals surface area contributed by atoms with E-state index in [0.717, 1.165) is 5.56 Å². The van der Waals surface area contributed by atoms with Crippen molar-refractivity contribution in [2.24, 2.45) is 4.99 Å². The quantitative estimate of drug-likeness (QED) is 0.324. The van der Waals surface area contributed by atoms with Crippen LogP contribution in [0.1, 0.15) is 51.8 Å². The van der Waals surface area contributed by atoms with Crippen LogP contribution in [-0.4, -0.2) is 44.1 Å². The van der Waals surface area contributed by atoms with Crippen LogP contribution in [0, 0.1) is 0 Å². The van der Waals surface area contributed by atoms with Gasteiger partial charge in [0.2, 0.25) is 0 Å². The van der Waals surface area contributed by atoms with Gasteiger partial charge in [-0.3, -0.25) is 9.36 Å². The van der Waals surface area contributed by atoms with Gasteiger partial charge < -0.3 is 23.7 Å². The second-order valence-corrected chi connectivity index (χ2v) is 9.70. The van der Waals surface area contributed by atoms with Gasteiger partial charge in [0.05, 0.1) is 49.3 Å². The van der Waals surface area contributed by atoms with E-state index in [2.05, 4.69) is 4.99 Å². The highest BCUT2D eigenvalue weighted by Gasteiger charge is 2.36. The van der Waals surface area contributed by atoms with Crippen molar-refractivity contribution in [3.05, 3.63) is 78.5 Å². The molecule has 40 heavy (non-hydrogen) atoms. The van der Waals surface area contributed by atoms with Crippen LogP contribution in [0.4, 0.5) is 0 Å². The molecule has 1 atom stereocenters. The summed E-state index contributed by atoms with van der Waals surface area (Å²) in [7, 11) is 1.55. The maximum Gasteiger partial charge on any atom is 0.338 e. The molecular weight excluding hydrogens is 532 g/mol. The highest BCUT2D eigenvalue weighted by atomic mass is 32.1. The number of allylic oxidation sites excluding steroid dienone is 1. The van der Waals surface area contributed by atoms with E-state index in [1.807, 2.05) is 45.0 Å². The van der Waals surface area contributed by atoms with Gasteiger partial charge in [0, 0.05) is 5.56 Å². The molecule has 0 bridgehead atoms. The van der Waals surface area contributed by atoms with Crippen molar-refractivity contribution in [2.45, 2.75) is 40.7 Å². The predicted molar refractivity (Wildman–Crippen MR) is 153 cm³/mol. The molecule has 1 aliphatic heterocycles. The summed E-state index contributed by atoms with van der Waals surface area (Å²) in [6, 6.07) is 10.1. The molecule has 0 amide bonds. The Morgan fingerprint density at radius 2 is 1.70 bits per heavy atom. The molecule has 3 aromatic rings. The van der Waals surface area contributed by atoms with Gasteiger partial charge in [-0.25, -0.2) is 9.79 Å². The number of carbonyl (C=O) groups is 1. The van der Waals surface area contributed by atoms with E-state index in [9.17, 15) is 9.59 Å². The van der Waals surface area contributed by atoms with Crippen LogP contribution in [-0.2, 0) is 9.53 Å². The fourth-order valence-electron chi connectivity index (χ4n) is 4.60. The first kappa shape index (κ1) is 28.9. The predicted octanol–water partition coefficient (Wildman–Crippen LogP) is 4.00. The highest BCUT2D eigenvalue weighted by molar-refractivity contribution is 7.07. The first-order valence-electron chi connectivity index (χ1n) is 13.3. The maximum atomic E-state index is 14.0. The SMILES string of the molecule is CCOC(=O)C1=C(C)N=c2s/c(=C/c3ccc(OCC)c(OCC)c3)c(=O)n2[C@@H]1c1cccc(OC)c1OCC. The minimum absolute atomic E-state index is 0.184. The summed E-state index contributed by atoms with van der Waals surface area (Å²) in [5, 5.41) is 0. The van der Waals surface area contributed by atoms with Crippen molar-refractivity contribution < 1.29 is 28.5 Å². The van der Waals surface area contributed by atoms with Gasteiger partial charge >= 0.3 is 5.97 Å². The number of esters is 1. The van der Waals surface area contributed by atoms with Crippen LogP contribution in [0.25, 0.3) is 6.08 Å². The number of nitrogens with zero attached hydrogens (tertiary/aromatic N) is 2. The average molecular weight is 567 g/mol. The molecule has 0 saturated heterocycles. The molecule has 0 aliphatic carbocycles. The lowest BCUT2D eigenvalue weighted by atomic mass is 9.94. The molecule has 0 N–H and O–H groups in total. The first-order chi connectivity index (χ1) is 19.4. The molecule has 1 aromatic heterocycles. The standard InChI is InChI=1S/C30H34N2O7S/c1-7-36-21-15-14-19(16-23(21)37-8-2)17-24-28(33)32-26(20-12-11-13-22(35-6)27(20)38-9-3)25(29(34)39-10-4)18(5)31-30(32)40-24/h11-17,26H,7-10H2,1-6H3/b24-17+/t26-/m1/s1. The lowest BCUT2D eigenvalue weighted by Gasteiger charge is -2.26. The van der Waals surface area contributed by atoms with Gasteiger partial charge in [-0.15, -0.1) is 0 Å². The molecule has 9 nitrogen and oxygen atoms in total. The van der Waals surface area contributed by atoms with Gasteiger partial charge in [0.15, 0.2) is 27.8 Å². The van der Waals surface area contributed by atoms with Crippen LogP contribution >= 0.6 is 11.3 Å². The minimum atomic E-state index is -0.826. The monoisotopic (exact) mass is 566 g/mol. The Morgan fingerprint density at radius 3 is 2.38 bits per heavy atom. The number of benzene rings is 2. The van der Waals surface area contributed by atoms with Crippen molar-refractivity contribution in [1.29, 1.82) is 0 Å². The number of aromatic nitrogens is 1. The largest absolute Gasteiger partial charge is 0.493 e. The second-order valence-electron chi connectivity index (χ2n) is 8.69. The molecular formula is C30H34N2O7S. The van der Waals surface area contributed by atoms with Crippen molar-refractivity contribution in [3.63, 3.8) is 0 Å². The van der Waals surface area contributed by atoms with Crippen LogP contribution in [0.5, 0.6) is 23.0 Å². The third-order valence-electron chi connectivity index (χ3n) is 6.19. The third-order valence-corrected chi connectivity index (χ3v) is 7.18. The number of para-hydroxylation sites is 1. The Kier molecular flexibility index (Phi) is 9.31. The van der Waals surface area contributed by atoms with E-state index in [1.54, 1.807) is 39.2 Å². The molecule has 0 fully saturated rings. The number of carbonyl (C=O) groups excluding carboxylic acids is 1. The van der Waals surface area contributed by atoms with E-state index >= 15 is 0 Å². The number of rotatable bonds is 11. The summed E-state index contributed by atoms with van der Waals surface area (Å²) in [5.74, 6) is 1.65.